The van der Waals surface area contributed by atoms with Gasteiger partial charge in [-0.1, -0.05) is 6.07 Å². The van der Waals surface area contributed by atoms with Crippen molar-refractivity contribution in [2.75, 3.05) is 32.7 Å². The maximum atomic E-state index is 11.7. The molecular weight excluding hydrogens is 410 g/mol. The van der Waals surface area contributed by atoms with Crippen molar-refractivity contribution in [1.82, 2.24) is 9.97 Å². The summed E-state index contributed by atoms with van der Waals surface area (Å²) in [6.07, 6.45) is 2.44. The van der Waals surface area contributed by atoms with Gasteiger partial charge < -0.3 is 35.0 Å². The second-order valence-electron chi connectivity index (χ2n) is 5.83. The molecule has 0 atom stereocenters. The van der Waals surface area contributed by atoms with Crippen LogP contribution in [0.5, 0.6) is 5.75 Å². The first-order chi connectivity index (χ1) is 14.1. The van der Waals surface area contributed by atoms with Gasteiger partial charge in [0.25, 0.3) is 0 Å². The van der Waals surface area contributed by atoms with Crippen LogP contribution in [0.1, 0.15) is 23.8 Å². The molecule has 6 N–H and O–H groups in total. The van der Waals surface area contributed by atoms with Gasteiger partial charge in [-0.05, 0) is 31.2 Å². The van der Waals surface area contributed by atoms with Crippen LogP contribution in [0, 0.1) is 0 Å². The number of aromatic nitrogens is 2. The number of nitrogens with zero attached hydrogens (tertiary/aromatic N) is 1. The van der Waals surface area contributed by atoms with Crippen LogP contribution in [0.4, 0.5) is 5.69 Å². The van der Waals surface area contributed by atoms with Crippen molar-refractivity contribution in [3.05, 3.63) is 48.3 Å². The van der Waals surface area contributed by atoms with E-state index in [1.807, 2.05) is 12.1 Å². The number of fused-ring (bicyclic) bond motifs is 1. The van der Waals surface area contributed by atoms with Gasteiger partial charge in [-0.2, -0.15) is 0 Å². The predicted octanol–water partition coefficient (Wildman–Crippen LogP) is 3.16. The maximum Gasteiger partial charge on any atom is 0.354 e. The quantitative estimate of drug-likeness (QED) is 0.210. The summed E-state index contributed by atoms with van der Waals surface area (Å²) >= 11 is 0.658. The van der Waals surface area contributed by atoms with E-state index in [2.05, 4.69) is 9.97 Å². The molecule has 0 radical (unpaired) electrons. The molecule has 0 saturated carbocycles. The van der Waals surface area contributed by atoms with Crippen LogP contribution in [0.3, 0.4) is 0 Å². The highest BCUT2D eigenvalue weighted by Gasteiger charge is 2.13. The van der Waals surface area contributed by atoms with Gasteiger partial charge in [-0.3, -0.25) is 0 Å². The zero-order valence-electron chi connectivity index (χ0n) is 16.9. The Hall–Kier alpha value is -2.79. The molecular formula is C20H27N3O6S. The molecule has 1 aromatic carbocycles. The number of nitrogens with two attached hydrogens (primary N) is 1. The van der Waals surface area contributed by atoms with E-state index in [1.54, 1.807) is 44.5 Å². The Balaban J connectivity index is 0.000000421. The average Bonchev–Trinajstić information content (AvgIpc) is 3.18. The third-order valence-electron chi connectivity index (χ3n) is 3.72. The molecule has 0 aliphatic rings. The van der Waals surface area contributed by atoms with Crippen molar-refractivity contribution in [1.29, 1.82) is 0 Å². The van der Waals surface area contributed by atoms with Crippen LogP contribution in [-0.2, 0) is 9.47 Å². The number of nitrogens with one attached hydrogen (secondary N) is 1. The fourth-order valence-electron chi connectivity index (χ4n) is 2.44. The summed E-state index contributed by atoms with van der Waals surface area (Å²) in [6.45, 7) is 3.29. The Kier molecular flexibility index (Phi) is 11.3. The van der Waals surface area contributed by atoms with E-state index in [0.29, 0.717) is 59.5 Å². The zero-order valence-corrected chi connectivity index (χ0v) is 17.7. The number of pyridine rings is 1. The van der Waals surface area contributed by atoms with Crippen LogP contribution in [-0.4, -0.2) is 52.9 Å². The Morgan fingerprint density at radius 3 is 2.67 bits per heavy atom. The minimum absolute atomic E-state index is 0. The first kappa shape index (κ1) is 25.2. The third kappa shape index (κ3) is 7.56. The lowest BCUT2D eigenvalue weighted by Crippen LogP contribution is -2.04. The molecule has 9 nitrogen and oxygen atoms in total. The molecule has 2 aromatic heterocycles. The van der Waals surface area contributed by atoms with Crippen LogP contribution < -0.4 is 10.5 Å². The van der Waals surface area contributed by atoms with E-state index in [9.17, 15) is 4.79 Å². The molecule has 10 heteroatoms. The number of nitrogen functional groups attached to an aromatic ring is 1. The van der Waals surface area contributed by atoms with E-state index in [0.717, 1.165) is 11.8 Å². The second kappa shape index (κ2) is 13.4. The van der Waals surface area contributed by atoms with Crippen LogP contribution in [0.25, 0.3) is 10.9 Å². The molecule has 0 fully saturated rings. The van der Waals surface area contributed by atoms with Crippen molar-refractivity contribution in [3.8, 4) is 5.75 Å². The highest BCUT2D eigenvalue weighted by molar-refractivity contribution is 7.93. The number of rotatable bonds is 8. The van der Waals surface area contributed by atoms with Crippen molar-refractivity contribution in [2.45, 2.75) is 18.4 Å². The number of aromatic amines is 1. The van der Waals surface area contributed by atoms with Crippen LogP contribution >= 0.6 is 12.0 Å². The van der Waals surface area contributed by atoms with Gasteiger partial charge in [0, 0.05) is 49.8 Å². The highest BCUT2D eigenvalue weighted by Crippen LogP contribution is 2.28. The van der Waals surface area contributed by atoms with Crippen LogP contribution in [0.15, 0.2) is 47.6 Å². The SMILES string of the molecule is CCOC(=O)c1cc2cc(OCCCOC)cc(N)c2[nH]1.O.OSc1ccccn1. The number of H-pyrrole nitrogens is 1. The van der Waals surface area contributed by atoms with E-state index in [1.165, 1.54) is 0 Å². The normalized spacial score (nSPS) is 9.97. The maximum absolute atomic E-state index is 11.7. The number of ether oxygens (including phenoxy) is 3. The minimum Gasteiger partial charge on any atom is -0.493 e. The van der Waals surface area contributed by atoms with E-state index in [-0.39, 0.29) is 5.48 Å². The van der Waals surface area contributed by atoms with Gasteiger partial charge in [-0.15, -0.1) is 0 Å². The Labute approximate surface area is 179 Å². The molecule has 30 heavy (non-hydrogen) atoms. The van der Waals surface area contributed by atoms with Crippen LogP contribution in [0.2, 0.25) is 0 Å². The van der Waals surface area contributed by atoms with Gasteiger partial charge in [0.05, 0.1) is 24.4 Å². The molecule has 0 saturated heterocycles. The second-order valence-corrected chi connectivity index (χ2v) is 6.44. The lowest BCUT2D eigenvalue weighted by molar-refractivity contribution is 0.0520. The third-order valence-corrected chi connectivity index (χ3v) is 4.15. The summed E-state index contributed by atoms with van der Waals surface area (Å²) in [5.74, 6) is 0.279. The van der Waals surface area contributed by atoms with Crippen molar-refractivity contribution in [2.24, 2.45) is 0 Å². The summed E-state index contributed by atoms with van der Waals surface area (Å²) in [5.41, 5.74) is 7.61. The van der Waals surface area contributed by atoms with Gasteiger partial charge in [-0.25, -0.2) is 9.78 Å². The lowest BCUT2D eigenvalue weighted by Gasteiger charge is -2.07. The van der Waals surface area contributed by atoms with Crippen molar-refractivity contribution < 1.29 is 29.0 Å². The first-order valence-corrected chi connectivity index (χ1v) is 9.80. The summed E-state index contributed by atoms with van der Waals surface area (Å²) in [4.78, 5) is 18.5. The smallest absolute Gasteiger partial charge is 0.354 e. The molecule has 2 heterocycles. The largest absolute Gasteiger partial charge is 0.493 e. The molecule has 0 unspecified atom stereocenters. The fraction of sp³-hybridized carbons (Fsp3) is 0.300. The number of carbonyl (C=O) groups is 1. The van der Waals surface area contributed by atoms with Gasteiger partial charge in [0.2, 0.25) is 0 Å². The summed E-state index contributed by atoms with van der Waals surface area (Å²) in [7, 11) is 1.65. The van der Waals surface area contributed by atoms with E-state index < -0.39 is 5.97 Å². The number of carbonyl (C=O) groups excluding carboxylic acids is 1. The summed E-state index contributed by atoms with van der Waals surface area (Å²) < 4.78 is 23.9. The number of methoxy groups -OCH3 is 1. The number of anilines is 1. The predicted molar refractivity (Wildman–Crippen MR) is 117 cm³/mol. The van der Waals surface area contributed by atoms with Crippen molar-refractivity contribution >= 4 is 34.6 Å². The minimum atomic E-state index is -0.393. The van der Waals surface area contributed by atoms with E-state index >= 15 is 0 Å². The Morgan fingerprint density at radius 1 is 1.27 bits per heavy atom. The number of hydrogen-bond acceptors (Lipinski definition) is 8. The average molecular weight is 438 g/mol. The first-order valence-electron chi connectivity index (χ1n) is 9.02. The number of esters is 1. The molecule has 0 spiro atoms. The topological polar surface area (TPSA) is 151 Å². The fourth-order valence-corrected chi connectivity index (χ4v) is 2.69. The lowest BCUT2D eigenvalue weighted by atomic mass is 10.2. The molecule has 164 valence electrons. The standard InChI is InChI=1S/C15H20N2O4.C5H5NOS.H2O/c1-3-20-15(18)13-8-10-7-11(21-6-4-5-19-2)9-12(16)14(10)17-13;7-8-5-3-1-2-4-6-5;/h7-9,17H,3-6,16H2,1-2H3;1-4,7H;1H2. The number of benzene rings is 1. The molecule has 3 rings (SSSR count). The van der Waals surface area contributed by atoms with Gasteiger partial charge in [0.15, 0.2) is 0 Å². The van der Waals surface area contributed by atoms with E-state index in [4.69, 9.17) is 24.5 Å². The van der Waals surface area contributed by atoms with Gasteiger partial charge in [0.1, 0.15) is 16.5 Å². The molecule has 0 aliphatic carbocycles. The molecule has 0 amide bonds. The summed E-state index contributed by atoms with van der Waals surface area (Å²) in [5, 5.41) is 1.45. The molecule has 0 bridgehead atoms. The van der Waals surface area contributed by atoms with Crippen molar-refractivity contribution in [3.63, 3.8) is 0 Å². The Morgan fingerprint density at radius 2 is 2.07 bits per heavy atom. The molecule has 3 aromatic rings. The zero-order chi connectivity index (χ0) is 21.1. The van der Waals surface area contributed by atoms with Gasteiger partial charge >= 0.3 is 5.97 Å². The molecule has 0 aliphatic heterocycles. The monoisotopic (exact) mass is 437 g/mol. The highest BCUT2D eigenvalue weighted by atomic mass is 32.2. The number of hydrogen-bond donors (Lipinski definition) is 3. The Bertz CT molecular complexity index is 904. The summed E-state index contributed by atoms with van der Waals surface area (Å²) in [6, 6.07) is 10.7.